The van der Waals surface area contributed by atoms with Gasteiger partial charge in [0.1, 0.15) is 0 Å². The summed E-state index contributed by atoms with van der Waals surface area (Å²) in [4.78, 5) is 2.46. The maximum absolute atomic E-state index is 9.04. The van der Waals surface area contributed by atoms with Gasteiger partial charge in [-0.05, 0) is 45.1 Å². The molecule has 1 spiro atoms. The van der Waals surface area contributed by atoms with Crippen molar-refractivity contribution in [1.29, 1.82) is 0 Å². The van der Waals surface area contributed by atoms with Crippen LogP contribution in [0.2, 0.25) is 0 Å². The lowest BCUT2D eigenvalue weighted by atomic mass is 9.82. The van der Waals surface area contributed by atoms with Gasteiger partial charge in [0.25, 0.3) is 0 Å². The molecule has 0 radical (unpaired) electrons. The number of piperidine rings is 1. The highest BCUT2D eigenvalue weighted by molar-refractivity contribution is 5.85. The van der Waals surface area contributed by atoms with Crippen LogP contribution in [0.15, 0.2) is 5.16 Å². The van der Waals surface area contributed by atoms with Crippen LogP contribution < -0.4 is 5.73 Å². The van der Waals surface area contributed by atoms with Gasteiger partial charge in [-0.15, -0.1) is 0 Å². The number of oxime groups is 1. The average Bonchev–Trinajstić information content (AvgIpc) is 2.55. The van der Waals surface area contributed by atoms with Crippen LogP contribution >= 0.6 is 0 Å². The van der Waals surface area contributed by atoms with Gasteiger partial charge in [0.05, 0.1) is 11.6 Å². The highest BCUT2D eigenvalue weighted by Gasteiger charge is 2.42. The van der Waals surface area contributed by atoms with E-state index >= 15 is 0 Å². The molecule has 6 nitrogen and oxygen atoms in total. The summed E-state index contributed by atoms with van der Waals surface area (Å²) in [5.74, 6) is 0.363. The van der Waals surface area contributed by atoms with Crippen LogP contribution in [-0.2, 0) is 9.47 Å². The van der Waals surface area contributed by atoms with Crippen LogP contribution in [0.4, 0.5) is 0 Å². The van der Waals surface area contributed by atoms with Gasteiger partial charge in [-0.2, -0.15) is 0 Å². The summed E-state index contributed by atoms with van der Waals surface area (Å²) in [7, 11) is 0. The summed E-state index contributed by atoms with van der Waals surface area (Å²) >= 11 is 0. The van der Waals surface area contributed by atoms with E-state index in [0.29, 0.717) is 11.9 Å². The minimum Gasteiger partial charge on any atom is -0.409 e. The van der Waals surface area contributed by atoms with Crippen molar-refractivity contribution in [3.05, 3.63) is 0 Å². The van der Waals surface area contributed by atoms with Crippen LogP contribution in [-0.4, -0.2) is 60.0 Å². The second kappa shape index (κ2) is 6.50. The predicted molar refractivity (Wildman–Crippen MR) is 79.5 cm³/mol. The fourth-order valence-corrected chi connectivity index (χ4v) is 4.15. The number of hydrogen-bond donors (Lipinski definition) is 2. The Kier molecular flexibility index (Phi) is 4.66. The van der Waals surface area contributed by atoms with Crippen LogP contribution in [0.1, 0.15) is 44.9 Å². The summed E-state index contributed by atoms with van der Waals surface area (Å²) in [5.41, 5.74) is 5.92. The topological polar surface area (TPSA) is 80.3 Å². The summed E-state index contributed by atoms with van der Waals surface area (Å²) in [6.45, 7) is 3.45. The second-order valence-corrected chi connectivity index (χ2v) is 6.56. The highest BCUT2D eigenvalue weighted by atomic mass is 16.5. The molecule has 0 aromatic carbocycles. The van der Waals surface area contributed by atoms with Gasteiger partial charge in [-0.1, -0.05) is 11.6 Å². The van der Waals surface area contributed by atoms with Crippen molar-refractivity contribution < 1.29 is 14.7 Å². The standard InChI is InChI=1S/C15H27N3O3/c16-14(17-19)13-3-1-2-7-18(13)12-4-8-21-15(11-12)5-9-20-10-6-15/h12-13,19H,1-11H2,(H2,16,17). The summed E-state index contributed by atoms with van der Waals surface area (Å²) in [6.07, 6.45) is 7.41. The molecular formula is C15H27N3O3. The summed E-state index contributed by atoms with van der Waals surface area (Å²) < 4.78 is 11.6. The van der Waals surface area contributed by atoms with Crippen LogP contribution in [0.3, 0.4) is 0 Å². The van der Waals surface area contributed by atoms with Crippen molar-refractivity contribution in [3.8, 4) is 0 Å². The monoisotopic (exact) mass is 297 g/mol. The molecule has 0 amide bonds. The van der Waals surface area contributed by atoms with E-state index in [1.165, 1.54) is 6.42 Å². The van der Waals surface area contributed by atoms with E-state index in [1.807, 2.05) is 0 Å². The van der Waals surface area contributed by atoms with Crippen molar-refractivity contribution in [3.63, 3.8) is 0 Å². The van der Waals surface area contributed by atoms with Gasteiger partial charge in [-0.3, -0.25) is 4.90 Å². The molecule has 120 valence electrons. The molecule has 2 atom stereocenters. The third-order valence-corrected chi connectivity index (χ3v) is 5.34. The number of rotatable bonds is 2. The molecule has 3 N–H and O–H groups in total. The molecule has 3 aliphatic heterocycles. The molecule has 3 fully saturated rings. The smallest absolute Gasteiger partial charge is 0.156 e. The molecule has 0 saturated carbocycles. The second-order valence-electron chi connectivity index (χ2n) is 6.56. The Bertz CT molecular complexity index is 377. The molecular weight excluding hydrogens is 270 g/mol. The Hall–Kier alpha value is -0.850. The molecule has 3 rings (SSSR count). The van der Waals surface area contributed by atoms with E-state index in [0.717, 1.165) is 64.9 Å². The lowest BCUT2D eigenvalue weighted by Crippen LogP contribution is -2.57. The Morgan fingerprint density at radius 1 is 1.19 bits per heavy atom. The number of hydrogen-bond acceptors (Lipinski definition) is 5. The van der Waals surface area contributed by atoms with E-state index < -0.39 is 0 Å². The van der Waals surface area contributed by atoms with E-state index in [9.17, 15) is 0 Å². The molecule has 3 heterocycles. The number of nitrogens with two attached hydrogens (primary N) is 1. The number of likely N-dealkylation sites (tertiary alicyclic amines) is 1. The van der Waals surface area contributed by atoms with E-state index in [1.54, 1.807) is 0 Å². The lowest BCUT2D eigenvalue weighted by Gasteiger charge is -2.49. The molecule has 0 bridgehead atoms. The zero-order valence-corrected chi connectivity index (χ0v) is 12.7. The third-order valence-electron chi connectivity index (χ3n) is 5.34. The number of nitrogens with zero attached hydrogens (tertiary/aromatic N) is 2. The van der Waals surface area contributed by atoms with Crippen LogP contribution in [0.5, 0.6) is 0 Å². The Balaban J connectivity index is 1.71. The third kappa shape index (κ3) is 3.17. The quantitative estimate of drug-likeness (QED) is 0.348. The SMILES string of the molecule is NC(=NO)C1CCCCN1C1CCOC2(CCOCC2)C1. The molecule has 2 unspecified atom stereocenters. The van der Waals surface area contributed by atoms with Gasteiger partial charge in [0, 0.05) is 25.9 Å². The lowest BCUT2D eigenvalue weighted by molar-refractivity contribution is -0.153. The maximum Gasteiger partial charge on any atom is 0.156 e. The van der Waals surface area contributed by atoms with Crippen LogP contribution in [0.25, 0.3) is 0 Å². The van der Waals surface area contributed by atoms with Crippen molar-refractivity contribution >= 4 is 5.84 Å². The average molecular weight is 297 g/mol. The Morgan fingerprint density at radius 2 is 2.00 bits per heavy atom. The molecule has 6 heteroatoms. The predicted octanol–water partition coefficient (Wildman–Crippen LogP) is 1.32. The largest absolute Gasteiger partial charge is 0.409 e. The van der Waals surface area contributed by atoms with E-state index in [2.05, 4.69) is 10.1 Å². The first kappa shape index (κ1) is 15.1. The van der Waals surface area contributed by atoms with Gasteiger partial charge in [-0.25, -0.2) is 0 Å². The summed E-state index contributed by atoms with van der Waals surface area (Å²) in [5, 5.41) is 12.3. The first-order valence-corrected chi connectivity index (χ1v) is 8.19. The first-order chi connectivity index (χ1) is 10.2. The number of ether oxygens (including phenoxy) is 2. The molecule has 3 aliphatic rings. The Labute approximate surface area is 126 Å². The van der Waals surface area contributed by atoms with Gasteiger partial charge >= 0.3 is 0 Å². The molecule has 21 heavy (non-hydrogen) atoms. The number of amidine groups is 1. The molecule has 0 aromatic heterocycles. The minimum absolute atomic E-state index is 0.00567. The van der Waals surface area contributed by atoms with Crippen molar-refractivity contribution in [2.45, 2.75) is 62.6 Å². The normalized spacial score (nSPS) is 35.0. The van der Waals surface area contributed by atoms with E-state index in [-0.39, 0.29) is 11.6 Å². The molecule has 0 aromatic rings. The van der Waals surface area contributed by atoms with Crippen molar-refractivity contribution in [1.82, 2.24) is 4.90 Å². The Morgan fingerprint density at radius 3 is 2.76 bits per heavy atom. The highest BCUT2D eigenvalue weighted by Crippen LogP contribution is 2.37. The van der Waals surface area contributed by atoms with Crippen LogP contribution in [0, 0.1) is 0 Å². The maximum atomic E-state index is 9.04. The fourth-order valence-electron chi connectivity index (χ4n) is 4.15. The molecule has 3 saturated heterocycles. The van der Waals surface area contributed by atoms with E-state index in [4.69, 9.17) is 20.4 Å². The summed E-state index contributed by atoms with van der Waals surface area (Å²) in [6, 6.07) is 0.561. The van der Waals surface area contributed by atoms with Gasteiger partial charge < -0.3 is 20.4 Å². The van der Waals surface area contributed by atoms with Gasteiger partial charge in [0.15, 0.2) is 5.84 Å². The first-order valence-electron chi connectivity index (χ1n) is 8.19. The fraction of sp³-hybridized carbons (Fsp3) is 0.933. The van der Waals surface area contributed by atoms with Crippen molar-refractivity contribution in [2.24, 2.45) is 10.9 Å². The van der Waals surface area contributed by atoms with Gasteiger partial charge in [0.2, 0.25) is 0 Å². The molecule has 0 aliphatic carbocycles. The minimum atomic E-state index is -0.00567. The van der Waals surface area contributed by atoms with Crippen molar-refractivity contribution in [2.75, 3.05) is 26.4 Å². The zero-order valence-electron chi connectivity index (χ0n) is 12.7. The zero-order chi connectivity index (χ0) is 14.7.